The topological polar surface area (TPSA) is 320 Å². The molecular formula is C42H45O19+. The second-order valence-electron chi connectivity index (χ2n) is 14.8. The molecule has 2 unspecified atom stereocenters. The normalized spacial score (nSPS) is 23.5. The number of ether oxygens (including phenoxy) is 5. The molecule has 7 rings (SSSR count). The van der Waals surface area contributed by atoms with Gasteiger partial charge < -0.3 is 90.1 Å². The quantitative estimate of drug-likeness (QED) is 0.0709. The van der Waals surface area contributed by atoms with Crippen molar-refractivity contribution in [2.24, 2.45) is 0 Å². The van der Waals surface area contributed by atoms with Crippen molar-refractivity contribution in [1.29, 1.82) is 0 Å². The third-order valence-corrected chi connectivity index (χ3v) is 11.0. The number of benzene rings is 4. The van der Waals surface area contributed by atoms with E-state index in [2.05, 4.69) is 0 Å². The van der Waals surface area contributed by atoms with Gasteiger partial charge in [-0.05, 0) is 24.6 Å². The number of rotatable bonds is 10. The molecular weight excluding hydrogens is 808 g/mol. The summed E-state index contributed by atoms with van der Waals surface area (Å²) in [6.45, 7) is 1.96. The third-order valence-electron chi connectivity index (χ3n) is 11.0. The second kappa shape index (κ2) is 16.3. The summed E-state index contributed by atoms with van der Waals surface area (Å²) in [6.07, 6.45) is -13.0. The number of methoxy groups -OCH3 is 2. The smallest absolute Gasteiger partial charge is 0.402 e. The summed E-state index contributed by atoms with van der Waals surface area (Å²) in [6, 6.07) is 8.55. The minimum absolute atomic E-state index is 0.0485. The van der Waals surface area contributed by atoms with Gasteiger partial charge in [-0.2, -0.15) is 0 Å². The Hall–Kier alpha value is -6.19. The average molecular weight is 854 g/mol. The van der Waals surface area contributed by atoms with Crippen LogP contribution in [0.25, 0.3) is 22.3 Å². The fraction of sp³-hybridized carbons (Fsp3) is 0.357. The van der Waals surface area contributed by atoms with Crippen molar-refractivity contribution in [2.45, 2.75) is 75.2 Å². The van der Waals surface area contributed by atoms with Crippen LogP contribution in [0.1, 0.15) is 59.8 Å². The lowest BCUT2D eigenvalue weighted by Gasteiger charge is -2.39. The van der Waals surface area contributed by atoms with Crippen LogP contribution >= 0.6 is 0 Å². The molecule has 9 atom stereocenters. The van der Waals surface area contributed by atoms with Crippen LogP contribution in [-0.4, -0.2) is 124 Å². The fourth-order valence-corrected chi connectivity index (χ4v) is 7.87. The Kier molecular flexibility index (Phi) is 11.5. The van der Waals surface area contributed by atoms with Gasteiger partial charge in [0.1, 0.15) is 70.2 Å². The van der Waals surface area contributed by atoms with E-state index in [1.54, 1.807) is 0 Å². The molecule has 0 radical (unpaired) electrons. The summed E-state index contributed by atoms with van der Waals surface area (Å²) in [5.41, 5.74) is -0.642. The third kappa shape index (κ3) is 7.28. The molecule has 0 spiro atoms. The van der Waals surface area contributed by atoms with E-state index in [4.69, 9.17) is 28.1 Å². The molecule has 326 valence electrons. The van der Waals surface area contributed by atoms with E-state index >= 15 is 0 Å². The molecule has 0 bridgehead atoms. The molecule has 4 aromatic carbocycles. The van der Waals surface area contributed by atoms with Crippen molar-refractivity contribution in [3.63, 3.8) is 0 Å². The molecule has 19 heteroatoms. The molecule has 2 aliphatic rings. The van der Waals surface area contributed by atoms with E-state index in [1.165, 1.54) is 64.5 Å². The van der Waals surface area contributed by atoms with Gasteiger partial charge in [0.2, 0.25) is 17.8 Å². The number of aliphatic hydroxyl groups excluding tert-OH is 6. The zero-order valence-corrected chi connectivity index (χ0v) is 32.9. The highest BCUT2D eigenvalue weighted by molar-refractivity contribution is 5.94. The van der Waals surface area contributed by atoms with E-state index in [1.807, 2.05) is 0 Å². The molecule has 1 saturated heterocycles. The zero-order chi connectivity index (χ0) is 44.3. The van der Waals surface area contributed by atoms with Gasteiger partial charge in [-0.3, -0.25) is 0 Å². The maximum atomic E-state index is 12.0. The van der Waals surface area contributed by atoms with Crippen molar-refractivity contribution in [2.75, 3.05) is 20.8 Å². The Morgan fingerprint density at radius 2 is 1.39 bits per heavy atom. The van der Waals surface area contributed by atoms with Crippen LogP contribution in [0.15, 0.2) is 46.9 Å². The van der Waals surface area contributed by atoms with Crippen LogP contribution in [-0.2, 0) is 11.2 Å². The average Bonchev–Trinajstić information content (AvgIpc) is 3.22. The van der Waals surface area contributed by atoms with Crippen molar-refractivity contribution in [3.05, 3.63) is 70.3 Å². The molecule has 1 fully saturated rings. The predicted octanol–water partition coefficient (Wildman–Crippen LogP) is 2.76. The first-order chi connectivity index (χ1) is 28.9. The first kappa shape index (κ1) is 42.9. The zero-order valence-electron chi connectivity index (χ0n) is 32.9. The lowest BCUT2D eigenvalue weighted by atomic mass is 9.83. The van der Waals surface area contributed by atoms with Crippen LogP contribution in [0.2, 0.25) is 0 Å². The first-order valence-electron chi connectivity index (χ1n) is 18.9. The van der Waals surface area contributed by atoms with E-state index in [0.29, 0.717) is 0 Å². The van der Waals surface area contributed by atoms with Crippen molar-refractivity contribution < 1.29 is 94.5 Å². The SMILES string of the molecule is COc1cc(-c2[o+]c3c(C(C)c4c(O)cc(O)c5c4O[C@H](c4ccc(O)c(O)c4)[C@@H](O)C5)c(O)c(C(C)O)c(O)c3cc2O[C@@H]2O[C@H](CO)[C@@H](O)[C@H](O)[C@H]2O)cc(OC)c1O. The number of aromatic hydroxyl groups is 7. The maximum Gasteiger partial charge on any atom is 0.402 e. The molecule has 0 amide bonds. The Labute approximate surface area is 345 Å². The van der Waals surface area contributed by atoms with Crippen LogP contribution in [0.3, 0.4) is 0 Å². The molecule has 2 aliphatic heterocycles. The van der Waals surface area contributed by atoms with E-state index < -0.39 is 107 Å². The standard InChI is InChI=1S/C42H44O19/c1-14(29-23(48)12-21(46)18-10-24(49)38(60-40(18)29)16-5-6-20(45)22(47)7-16)30-35(53)31(15(2)44)32(50)19-11-27(58-42-37(55)36(54)34(52)28(13-43)59-42)39(61-41(19)30)17-8-25(56-3)33(51)26(9-17)57-4/h5-9,11-12,14-15,24,28,34,36-38,42-44,49,52,54-55H,10,13H2,1-4H3,(H6-,45,46,47,48,50,51,53)/p+1/t14?,15?,24-,28+,34+,36-,37+,38+,42+/m0/s1. The Balaban J connectivity index is 1.50. The number of hydrogen-bond acceptors (Lipinski definition) is 18. The lowest BCUT2D eigenvalue weighted by molar-refractivity contribution is -0.277. The number of hydrogen-bond donors (Lipinski definition) is 13. The Morgan fingerprint density at radius 1 is 0.721 bits per heavy atom. The lowest BCUT2D eigenvalue weighted by Crippen LogP contribution is -2.60. The van der Waals surface area contributed by atoms with Crippen molar-refractivity contribution in [3.8, 4) is 74.6 Å². The van der Waals surface area contributed by atoms with Gasteiger partial charge in [-0.25, -0.2) is 4.42 Å². The Bertz CT molecular complexity index is 2460. The maximum absolute atomic E-state index is 12.0. The number of aliphatic hydroxyl groups is 6. The van der Waals surface area contributed by atoms with Gasteiger partial charge in [-0.15, -0.1) is 0 Å². The largest absolute Gasteiger partial charge is 0.507 e. The van der Waals surface area contributed by atoms with E-state index in [-0.39, 0.29) is 74.0 Å². The van der Waals surface area contributed by atoms with Crippen molar-refractivity contribution in [1.82, 2.24) is 0 Å². The second-order valence-corrected chi connectivity index (χ2v) is 14.8. The number of fused-ring (bicyclic) bond motifs is 2. The Morgan fingerprint density at radius 3 is 2.00 bits per heavy atom. The summed E-state index contributed by atoms with van der Waals surface area (Å²) < 4.78 is 35.2. The summed E-state index contributed by atoms with van der Waals surface area (Å²) in [5, 5.41) is 141. The molecule has 5 aromatic rings. The minimum atomic E-state index is -1.92. The van der Waals surface area contributed by atoms with Gasteiger partial charge in [0.15, 0.2) is 23.0 Å². The molecule has 3 heterocycles. The van der Waals surface area contributed by atoms with Crippen LogP contribution in [0, 0.1) is 0 Å². The summed E-state index contributed by atoms with van der Waals surface area (Å²) in [4.78, 5) is 0. The molecule has 0 saturated carbocycles. The van der Waals surface area contributed by atoms with Crippen LogP contribution in [0.5, 0.6) is 63.2 Å². The highest BCUT2D eigenvalue weighted by Gasteiger charge is 2.47. The molecule has 13 N–H and O–H groups in total. The van der Waals surface area contributed by atoms with Crippen LogP contribution < -0.4 is 18.9 Å². The van der Waals surface area contributed by atoms with Gasteiger partial charge >= 0.3 is 11.3 Å². The molecule has 61 heavy (non-hydrogen) atoms. The summed E-state index contributed by atoms with van der Waals surface area (Å²) >= 11 is 0. The molecule has 0 aliphatic carbocycles. The van der Waals surface area contributed by atoms with Gasteiger partial charge in [0, 0.05) is 47.7 Å². The van der Waals surface area contributed by atoms with E-state index in [9.17, 15) is 66.4 Å². The highest BCUT2D eigenvalue weighted by Crippen LogP contribution is 2.55. The van der Waals surface area contributed by atoms with Crippen molar-refractivity contribution >= 4 is 11.0 Å². The highest BCUT2D eigenvalue weighted by atomic mass is 16.7. The van der Waals surface area contributed by atoms with E-state index in [0.717, 1.165) is 6.07 Å². The summed E-state index contributed by atoms with van der Waals surface area (Å²) in [5.74, 6) is -6.00. The van der Waals surface area contributed by atoms with Gasteiger partial charge in [0.25, 0.3) is 0 Å². The van der Waals surface area contributed by atoms with Gasteiger partial charge in [0.05, 0.1) is 44.2 Å². The first-order valence-corrected chi connectivity index (χ1v) is 18.9. The van der Waals surface area contributed by atoms with Gasteiger partial charge in [-0.1, -0.05) is 13.0 Å². The molecule has 19 nitrogen and oxygen atoms in total. The fourth-order valence-electron chi connectivity index (χ4n) is 7.87. The predicted molar refractivity (Wildman–Crippen MR) is 209 cm³/mol. The number of phenolic OH excluding ortho intramolecular Hbond substituents is 7. The minimum Gasteiger partial charge on any atom is -0.507 e. The molecule has 1 aromatic heterocycles. The van der Waals surface area contributed by atoms with Crippen LogP contribution in [0.4, 0.5) is 0 Å². The summed E-state index contributed by atoms with van der Waals surface area (Å²) in [7, 11) is 2.52. The number of phenols is 7. The monoisotopic (exact) mass is 853 g/mol.